The zero-order valence-corrected chi connectivity index (χ0v) is 13.0. The standard InChI is InChI=1S/C18H20O5/c1-2-10-5-12-16(7-14(10)19)21-8-13(18(12)20)11-3-4-15-17(6-11)23-9-22-15/h3-4,6,8,10,12,14,16,19H,2,5,7,9H2,1H3. The van der Waals surface area contributed by atoms with E-state index in [9.17, 15) is 9.90 Å². The van der Waals surface area contributed by atoms with Gasteiger partial charge in [-0.2, -0.15) is 0 Å². The van der Waals surface area contributed by atoms with Gasteiger partial charge in [0.2, 0.25) is 6.79 Å². The molecule has 0 saturated heterocycles. The summed E-state index contributed by atoms with van der Waals surface area (Å²) in [6, 6.07) is 5.50. The molecular formula is C18H20O5. The average molecular weight is 316 g/mol. The summed E-state index contributed by atoms with van der Waals surface area (Å²) in [5, 5.41) is 10.1. The number of benzene rings is 1. The van der Waals surface area contributed by atoms with Crippen molar-refractivity contribution in [3.05, 3.63) is 30.0 Å². The Hall–Kier alpha value is -2.01. The predicted molar refractivity (Wildman–Crippen MR) is 82.9 cm³/mol. The molecule has 0 amide bonds. The molecule has 5 nitrogen and oxygen atoms in total. The SMILES string of the molecule is CCC1CC2C(=O)C(c3ccc4c(c3)OCO4)=COC2CC1O. The molecule has 1 aromatic carbocycles. The maximum Gasteiger partial charge on any atom is 0.231 e. The van der Waals surface area contributed by atoms with Crippen molar-refractivity contribution in [2.75, 3.05) is 6.79 Å². The van der Waals surface area contributed by atoms with Gasteiger partial charge >= 0.3 is 0 Å². The van der Waals surface area contributed by atoms with Gasteiger partial charge in [0.15, 0.2) is 17.3 Å². The maximum atomic E-state index is 12.9. The number of ketones is 1. The second-order valence-electron chi connectivity index (χ2n) is 6.45. The largest absolute Gasteiger partial charge is 0.496 e. The number of hydrogen-bond donors (Lipinski definition) is 1. The van der Waals surface area contributed by atoms with Crippen LogP contribution in [0.4, 0.5) is 0 Å². The van der Waals surface area contributed by atoms with Crippen LogP contribution in [0.15, 0.2) is 24.5 Å². The number of carbonyl (C=O) groups is 1. The first-order valence-electron chi connectivity index (χ1n) is 8.15. The van der Waals surface area contributed by atoms with Crippen LogP contribution < -0.4 is 9.47 Å². The first-order valence-corrected chi connectivity index (χ1v) is 8.15. The molecule has 4 rings (SSSR count). The van der Waals surface area contributed by atoms with Crippen LogP contribution in [0.3, 0.4) is 0 Å². The van der Waals surface area contributed by atoms with E-state index >= 15 is 0 Å². The summed E-state index contributed by atoms with van der Waals surface area (Å²) < 4.78 is 16.5. The van der Waals surface area contributed by atoms with Crippen LogP contribution in [0.25, 0.3) is 5.57 Å². The Labute approximate surface area is 134 Å². The highest BCUT2D eigenvalue weighted by molar-refractivity contribution is 6.22. The maximum absolute atomic E-state index is 12.9. The minimum atomic E-state index is -0.380. The van der Waals surface area contributed by atoms with Gasteiger partial charge in [0, 0.05) is 6.42 Å². The first kappa shape index (κ1) is 14.6. The predicted octanol–water partition coefficient (Wildman–Crippen LogP) is 2.52. The average Bonchev–Trinajstić information content (AvgIpc) is 3.02. The third kappa shape index (κ3) is 2.39. The highest BCUT2D eigenvalue weighted by Gasteiger charge is 2.43. The number of ether oxygens (including phenoxy) is 3. The summed E-state index contributed by atoms with van der Waals surface area (Å²) in [4.78, 5) is 12.9. The molecule has 4 atom stereocenters. The molecule has 4 unspecified atom stereocenters. The van der Waals surface area contributed by atoms with E-state index < -0.39 is 0 Å². The quantitative estimate of drug-likeness (QED) is 0.908. The summed E-state index contributed by atoms with van der Waals surface area (Å²) in [6.07, 6.45) is 3.04. The lowest BCUT2D eigenvalue weighted by Gasteiger charge is -2.40. The van der Waals surface area contributed by atoms with Gasteiger partial charge in [0.1, 0.15) is 6.10 Å². The molecule has 0 aromatic heterocycles. The molecule has 1 aliphatic carbocycles. The Balaban J connectivity index is 1.62. The Morgan fingerprint density at radius 1 is 1.22 bits per heavy atom. The van der Waals surface area contributed by atoms with Crippen molar-refractivity contribution >= 4 is 11.4 Å². The van der Waals surface area contributed by atoms with Crippen LogP contribution in [0.2, 0.25) is 0 Å². The minimum Gasteiger partial charge on any atom is -0.496 e. The van der Waals surface area contributed by atoms with Crippen LogP contribution in [-0.4, -0.2) is 29.9 Å². The van der Waals surface area contributed by atoms with Crippen molar-refractivity contribution in [3.8, 4) is 11.5 Å². The molecule has 122 valence electrons. The smallest absolute Gasteiger partial charge is 0.231 e. The van der Waals surface area contributed by atoms with Crippen molar-refractivity contribution in [2.24, 2.45) is 11.8 Å². The zero-order chi connectivity index (χ0) is 16.0. The van der Waals surface area contributed by atoms with Crippen molar-refractivity contribution in [1.29, 1.82) is 0 Å². The van der Waals surface area contributed by atoms with Crippen LogP contribution in [0, 0.1) is 11.8 Å². The van der Waals surface area contributed by atoms with Crippen molar-refractivity contribution in [1.82, 2.24) is 0 Å². The Morgan fingerprint density at radius 3 is 2.87 bits per heavy atom. The van der Waals surface area contributed by atoms with E-state index in [4.69, 9.17) is 14.2 Å². The van der Waals surface area contributed by atoms with E-state index in [2.05, 4.69) is 6.92 Å². The number of Topliss-reactive ketones (excluding diaryl/α,β-unsaturated/α-hetero) is 1. The van der Waals surface area contributed by atoms with Crippen LogP contribution >= 0.6 is 0 Å². The fraction of sp³-hybridized carbons (Fsp3) is 0.500. The highest BCUT2D eigenvalue weighted by Crippen LogP contribution is 2.41. The molecule has 23 heavy (non-hydrogen) atoms. The fourth-order valence-electron chi connectivity index (χ4n) is 3.78. The van der Waals surface area contributed by atoms with Crippen molar-refractivity contribution in [2.45, 2.75) is 38.4 Å². The molecule has 1 aromatic rings. The van der Waals surface area contributed by atoms with Crippen molar-refractivity contribution in [3.63, 3.8) is 0 Å². The summed E-state index contributed by atoms with van der Waals surface area (Å²) in [7, 11) is 0. The Bertz CT molecular complexity index is 665. The molecule has 0 bridgehead atoms. The zero-order valence-electron chi connectivity index (χ0n) is 13.0. The highest BCUT2D eigenvalue weighted by atomic mass is 16.7. The molecular weight excluding hydrogens is 296 g/mol. The molecule has 2 aliphatic heterocycles. The normalized spacial score (nSPS) is 32.1. The lowest BCUT2D eigenvalue weighted by Crippen LogP contribution is -2.44. The van der Waals surface area contributed by atoms with E-state index in [1.807, 2.05) is 18.2 Å². The van der Waals surface area contributed by atoms with Gasteiger partial charge in [0.05, 0.1) is 23.9 Å². The summed E-state index contributed by atoms with van der Waals surface area (Å²) >= 11 is 0. The van der Waals surface area contributed by atoms with E-state index in [1.165, 1.54) is 0 Å². The van der Waals surface area contributed by atoms with Gasteiger partial charge in [-0.05, 0) is 30.0 Å². The number of allylic oxidation sites excluding steroid dienone is 1. The van der Waals surface area contributed by atoms with Gasteiger partial charge in [-0.25, -0.2) is 0 Å². The number of carbonyl (C=O) groups excluding carboxylic acids is 1. The van der Waals surface area contributed by atoms with E-state index in [0.29, 0.717) is 29.9 Å². The molecule has 5 heteroatoms. The molecule has 0 spiro atoms. The number of aliphatic hydroxyl groups is 1. The second-order valence-corrected chi connectivity index (χ2v) is 6.45. The minimum absolute atomic E-state index is 0.102. The molecule has 1 N–H and O–H groups in total. The number of aliphatic hydroxyl groups excluding tert-OH is 1. The Kier molecular flexibility index (Phi) is 3.53. The third-order valence-electron chi connectivity index (χ3n) is 5.19. The van der Waals surface area contributed by atoms with E-state index in [0.717, 1.165) is 12.0 Å². The number of rotatable bonds is 2. The molecule has 2 heterocycles. The summed E-state index contributed by atoms with van der Waals surface area (Å²) in [5.74, 6) is 1.45. The first-order chi connectivity index (χ1) is 11.2. The molecule has 0 radical (unpaired) electrons. The van der Waals surface area contributed by atoms with E-state index in [-0.39, 0.29) is 36.6 Å². The third-order valence-corrected chi connectivity index (χ3v) is 5.19. The molecule has 1 fully saturated rings. The fourth-order valence-corrected chi connectivity index (χ4v) is 3.78. The number of fused-ring (bicyclic) bond motifs is 2. The Morgan fingerprint density at radius 2 is 2.04 bits per heavy atom. The topological polar surface area (TPSA) is 65.0 Å². The summed E-state index contributed by atoms with van der Waals surface area (Å²) in [6.45, 7) is 2.26. The van der Waals surface area contributed by atoms with Gasteiger partial charge in [-0.15, -0.1) is 0 Å². The lowest BCUT2D eigenvalue weighted by atomic mass is 9.72. The lowest BCUT2D eigenvalue weighted by molar-refractivity contribution is -0.129. The van der Waals surface area contributed by atoms with Gasteiger partial charge in [-0.3, -0.25) is 4.79 Å². The summed E-state index contributed by atoms with van der Waals surface area (Å²) in [5.41, 5.74) is 1.37. The van der Waals surface area contributed by atoms with Crippen LogP contribution in [-0.2, 0) is 9.53 Å². The van der Waals surface area contributed by atoms with Crippen molar-refractivity contribution < 1.29 is 24.1 Å². The molecule has 1 saturated carbocycles. The second kappa shape index (κ2) is 5.57. The van der Waals surface area contributed by atoms with Gasteiger partial charge in [-0.1, -0.05) is 19.4 Å². The van der Waals surface area contributed by atoms with Crippen LogP contribution in [0.1, 0.15) is 31.7 Å². The van der Waals surface area contributed by atoms with E-state index in [1.54, 1.807) is 6.26 Å². The van der Waals surface area contributed by atoms with Crippen LogP contribution in [0.5, 0.6) is 11.5 Å². The monoisotopic (exact) mass is 316 g/mol. The molecule has 3 aliphatic rings. The van der Waals surface area contributed by atoms with Gasteiger partial charge in [0.25, 0.3) is 0 Å². The number of hydrogen-bond acceptors (Lipinski definition) is 5. The van der Waals surface area contributed by atoms with Gasteiger partial charge < -0.3 is 19.3 Å².